The molecule has 0 bridgehead atoms. The summed E-state index contributed by atoms with van der Waals surface area (Å²) in [5.41, 5.74) is 0. The molecular formula is C15H28N4O3. The van der Waals surface area contributed by atoms with Gasteiger partial charge in [0.2, 0.25) is 11.8 Å². The second-order valence-corrected chi connectivity index (χ2v) is 6.10. The number of hydrogen-bond donors (Lipinski definition) is 2. The average Bonchev–Trinajstić information content (AvgIpc) is 2.52. The fourth-order valence-electron chi connectivity index (χ4n) is 2.52. The zero-order valence-corrected chi connectivity index (χ0v) is 14.2. The van der Waals surface area contributed by atoms with E-state index in [1.165, 1.54) is 7.05 Å². The van der Waals surface area contributed by atoms with Crippen molar-refractivity contribution in [1.82, 2.24) is 20.4 Å². The van der Waals surface area contributed by atoms with Crippen molar-refractivity contribution >= 4 is 17.8 Å². The van der Waals surface area contributed by atoms with Gasteiger partial charge in [-0.15, -0.1) is 0 Å². The normalized spacial score (nSPS) is 17.9. The molecule has 0 aromatic heterocycles. The largest absolute Gasteiger partial charge is 0.343 e. The second kappa shape index (κ2) is 8.12. The van der Waals surface area contributed by atoms with Crippen LogP contribution >= 0.6 is 0 Å². The zero-order valence-electron chi connectivity index (χ0n) is 14.2. The van der Waals surface area contributed by atoms with E-state index < -0.39 is 6.03 Å². The topological polar surface area (TPSA) is 81.8 Å². The van der Waals surface area contributed by atoms with Crippen molar-refractivity contribution in [3.8, 4) is 0 Å². The van der Waals surface area contributed by atoms with E-state index in [-0.39, 0.29) is 29.8 Å². The molecule has 7 heteroatoms. The van der Waals surface area contributed by atoms with Gasteiger partial charge in [-0.05, 0) is 46.7 Å². The maximum absolute atomic E-state index is 12.3. The first kappa shape index (κ1) is 18.4. The minimum Gasteiger partial charge on any atom is -0.343 e. The van der Waals surface area contributed by atoms with Gasteiger partial charge >= 0.3 is 6.03 Å². The summed E-state index contributed by atoms with van der Waals surface area (Å²) in [6.45, 7) is 7.15. The summed E-state index contributed by atoms with van der Waals surface area (Å²) in [4.78, 5) is 39.2. The van der Waals surface area contributed by atoms with E-state index in [0.717, 1.165) is 12.8 Å². The van der Waals surface area contributed by atoms with Crippen LogP contribution in [0.1, 0.15) is 33.6 Å². The number of carbonyl (C=O) groups is 3. The molecule has 4 amide bonds. The van der Waals surface area contributed by atoms with Crippen LogP contribution in [0, 0.1) is 5.92 Å². The Hall–Kier alpha value is -1.63. The van der Waals surface area contributed by atoms with Crippen LogP contribution in [0.2, 0.25) is 0 Å². The lowest BCUT2D eigenvalue weighted by atomic mass is 9.94. The smallest absolute Gasteiger partial charge is 0.321 e. The van der Waals surface area contributed by atoms with Crippen molar-refractivity contribution in [3.63, 3.8) is 0 Å². The van der Waals surface area contributed by atoms with Crippen LogP contribution in [0.25, 0.3) is 0 Å². The number of rotatable bonds is 4. The molecule has 0 aromatic rings. The summed E-state index contributed by atoms with van der Waals surface area (Å²) in [6, 6.07) is -0.681. The lowest BCUT2D eigenvalue weighted by Crippen LogP contribution is -2.52. The maximum atomic E-state index is 12.3. The first-order chi connectivity index (χ1) is 10.3. The molecule has 0 aromatic carbocycles. The van der Waals surface area contributed by atoms with Gasteiger partial charge in [-0.3, -0.25) is 19.8 Å². The lowest BCUT2D eigenvalue weighted by Gasteiger charge is -2.36. The number of amides is 4. The molecule has 0 radical (unpaired) electrons. The van der Waals surface area contributed by atoms with E-state index in [0.29, 0.717) is 13.1 Å². The highest BCUT2D eigenvalue weighted by Crippen LogP contribution is 2.21. The maximum Gasteiger partial charge on any atom is 0.321 e. The second-order valence-electron chi connectivity index (χ2n) is 6.10. The number of urea groups is 1. The number of hydrogen-bond acceptors (Lipinski definition) is 4. The highest BCUT2D eigenvalue weighted by Gasteiger charge is 2.31. The molecule has 1 atom stereocenters. The molecule has 0 aliphatic carbocycles. The van der Waals surface area contributed by atoms with E-state index >= 15 is 0 Å². The number of nitrogens with one attached hydrogen (secondary N) is 2. The van der Waals surface area contributed by atoms with Crippen molar-refractivity contribution in [2.24, 2.45) is 5.92 Å². The zero-order chi connectivity index (χ0) is 16.9. The van der Waals surface area contributed by atoms with Crippen molar-refractivity contribution in [1.29, 1.82) is 0 Å². The summed E-state index contributed by atoms with van der Waals surface area (Å²) < 4.78 is 0. The molecule has 22 heavy (non-hydrogen) atoms. The van der Waals surface area contributed by atoms with E-state index in [4.69, 9.17) is 0 Å². The highest BCUT2D eigenvalue weighted by molar-refractivity contribution is 5.96. The highest BCUT2D eigenvalue weighted by atomic mass is 16.2. The molecule has 1 saturated heterocycles. The van der Waals surface area contributed by atoms with E-state index in [9.17, 15) is 14.4 Å². The van der Waals surface area contributed by atoms with Gasteiger partial charge < -0.3 is 10.2 Å². The van der Waals surface area contributed by atoms with E-state index in [1.807, 2.05) is 25.8 Å². The van der Waals surface area contributed by atoms with Gasteiger partial charge in [-0.25, -0.2) is 4.79 Å². The van der Waals surface area contributed by atoms with Gasteiger partial charge in [0.05, 0.1) is 6.04 Å². The quantitative estimate of drug-likeness (QED) is 0.788. The van der Waals surface area contributed by atoms with Crippen LogP contribution in [-0.4, -0.2) is 66.9 Å². The Morgan fingerprint density at radius 1 is 1.14 bits per heavy atom. The Kier molecular flexibility index (Phi) is 6.80. The Labute approximate surface area is 132 Å². The third kappa shape index (κ3) is 4.69. The van der Waals surface area contributed by atoms with Crippen LogP contribution in [0.3, 0.4) is 0 Å². The van der Waals surface area contributed by atoms with Crippen LogP contribution in [0.5, 0.6) is 0 Å². The van der Waals surface area contributed by atoms with Gasteiger partial charge in [0.1, 0.15) is 0 Å². The number of carbonyl (C=O) groups excluding carboxylic acids is 3. The first-order valence-electron chi connectivity index (χ1n) is 7.81. The summed E-state index contributed by atoms with van der Waals surface area (Å²) in [5, 5.41) is 4.65. The Bertz CT molecular complexity index is 417. The van der Waals surface area contributed by atoms with Gasteiger partial charge in [-0.2, -0.15) is 0 Å². The van der Waals surface area contributed by atoms with Crippen LogP contribution < -0.4 is 10.6 Å². The molecule has 126 valence electrons. The molecular weight excluding hydrogens is 284 g/mol. The average molecular weight is 312 g/mol. The summed E-state index contributed by atoms with van der Waals surface area (Å²) in [7, 11) is 3.30. The van der Waals surface area contributed by atoms with Crippen molar-refractivity contribution < 1.29 is 14.4 Å². The lowest BCUT2D eigenvalue weighted by molar-refractivity contribution is -0.137. The number of piperidine rings is 1. The van der Waals surface area contributed by atoms with Crippen molar-refractivity contribution in [2.45, 2.75) is 45.7 Å². The molecule has 7 nitrogen and oxygen atoms in total. The molecule has 1 aliphatic heterocycles. The molecule has 0 spiro atoms. The first-order valence-corrected chi connectivity index (χ1v) is 7.81. The molecule has 1 rings (SSSR count). The molecule has 1 aliphatic rings. The van der Waals surface area contributed by atoms with Crippen LogP contribution in [0.15, 0.2) is 0 Å². The van der Waals surface area contributed by atoms with Gasteiger partial charge in [0.15, 0.2) is 0 Å². The third-order valence-corrected chi connectivity index (χ3v) is 4.39. The van der Waals surface area contributed by atoms with E-state index in [2.05, 4.69) is 10.6 Å². The predicted octanol–water partition coefficient (Wildman–Crippen LogP) is 0.409. The molecule has 1 heterocycles. The molecule has 1 fully saturated rings. The summed E-state index contributed by atoms with van der Waals surface area (Å²) in [5.74, 6) is -0.113. The Morgan fingerprint density at radius 3 is 2.14 bits per heavy atom. The number of likely N-dealkylation sites (tertiary alicyclic amines) is 1. The molecule has 0 saturated carbocycles. The SMILES string of the molecule is CNC(=O)NC(=O)C(C)N1CCC(C(=O)N(C)C(C)C)CC1. The summed E-state index contributed by atoms with van der Waals surface area (Å²) >= 11 is 0. The number of imide groups is 1. The number of nitrogens with zero attached hydrogens (tertiary/aromatic N) is 2. The van der Waals surface area contributed by atoms with Gasteiger partial charge in [0.25, 0.3) is 0 Å². The third-order valence-electron chi connectivity index (χ3n) is 4.39. The molecule has 2 N–H and O–H groups in total. The van der Waals surface area contributed by atoms with Crippen LogP contribution in [-0.2, 0) is 9.59 Å². The standard InChI is InChI=1S/C15H28N4O3/c1-10(2)18(5)14(21)12-6-8-19(9-7-12)11(3)13(20)17-15(22)16-4/h10-12H,6-9H2,1-5H3,(H2,16,17,20,22). The van der Waals surface area contributed by atoms with Crippen molar-refractivity contribution in [2.75, 3.05) is 27.2 Å². The Balaban J connectivity index is 2.49. The Morgan fingerprint density at radius 2 is 1.68 bits per heavy atom. The van der Waals surface area contributed by atoms with Crippen LogP contribution in [0.4, 0.5) is 4.79 Å². The van der Waals surface area contributed by atoms with E-state index in [1.54, 1.807) is 11.8 Å². The minimum absolute atomic E-state index is 0.0258. The monoisotopic (exact) mass is 312 g/mol. The van der Waals surface area contributed by atoms with Gasteiger partial charge in [0, 0.05) is 26.1 Å². The minimum atomic E-state index is -0.500. The fourth-order valence-corrected chi connectivity index (χ4v) is 2.52. The predicted molar refractivity (Wildman–Crippen MR) is 84.3 cm³/mol. The van der Waals surface area contributed by atoms with Gasteiger partial charge in [-0.1, -0.05) is 0 Å². The fraction of sp³-hybridized carbons (Fsp3) is 0.800. The van der Waals surface area contributed by atoms with Crippen molar-refractivity contribution in [3.05, 3.63) is 0 Å². The summed E-state index contributed by atoms with van der Waals surface area (Å²) in [6.07, 6.45) is 1.49. The molecule has 1 unspecified atom stereocenters.